The zero-order valence-corrected chi connectivity index (χ0v) is 12.0. The van der Waals surface area contributed by atoms with Gasteiger partial charge in [-0.05, 0) is 40.3 Å². The molecule has 19 heavy (non-hydrogen) atoms. The van der Waals surface area contributed by atoms with Crippen LogP contribution in [-0.4, -0.2) is 55.8 Å². The Morgan fingerprint density at radius 2 is 1.89 bits per heavy atom. The van der Waals surface area contributed by atoms with E-state index in [2.05, 4.69) is 10.3 Å². The highest BCUT2D eigenvalue weighted by molar-refractivity contribution is 5.88. The molecule has 110 valence electrons. The third-order valence-corrected chi connectivity index (χ3v) is 2.48. The molecule has 1 unspecified atom stereocenters. The predicted octanol–water partition coefficient (Wildman–Crippen LogP) is -0.934. The highest BCUT2D eigenvalue weighted by atomic mass is 16.2. The molecule has 0 aromatic carbocycles. The number of ketones is 1. The second kappa shape index (κ2) is 9.32. The normalized spacial score (nSPS) is 12.0. The van der Waals surface area contributed by atoms with E-state index in [4.69, 9.17) is 11.5 Å². The SMILES string of the molecule is CC(=O)C(CCCCN=C(N)N)NC(=O)CN(C)C. The number of nitrogens with one attached hydrogen (secondary N) is 1. The van der Waals surface area contributed by atoms with Crippen molar-refractivity contribution >= 4 is 17.6 Å². The minimum Gasteiger partial charge on any atom is -0.370 e. The molecule has 1 amide bonds. The van der Waals surface area contributed by atoms with E-state index >= 15 is 0 Å². The van der Waals surface area contributed by atoms with Crippen LogP contribution in [0.3, 0.4) is 0 Å². The number of carbonyl (C=O) groups excluding carboxylic acids is 2. The zero-order valence-electron chi connectivity index (χ0n) is 12.0. The third kappa shape index (κ3) is 10.0. The molecule has 0 radical (unpaired) electrons. The number of rotatable bonds is 9. The van der Waals surface area contributed by atoms with Gasteiger partial charge >= 0.3 is 0 Å². The monoisotopic (exact) mass is 271 g/mol. The van der Waals surface area contributed by atoms with Crippen molar-refractivity contribution in [2.24, 2.45) is 16.5 Å². The summed E-state index contributed by atoms with van der Waals surface area (Å²) in [6.07, 6.45) is 2.17. The van der Waals surface area contributed by atoms with Gasteiger partial charge in [-0.1, -0.05) is 0 Å². The van der Waals surface area contributed by atoms with Gasteiger partial charge in [0, 0.05) is 6.54 Å². The Balaban J connectivity index is 4.03. The first kappa shape index (κ1) is 17.4. The van der Waals surface area contributed by atoms with Gasteiger partial charge in [0.25, 0.3) is 0 Å². The summed E-state index contributed by atoms with van der Waals surface area (Å²) >= 11 is 0. The molecule has 0 aromatic heterocycles. The van der Waals surface area contributed by atoms with Gasteiger partial charge in [-0.25, -0.2) is 0 Å². The molecule has 0 bridgehead atoms. The fraction of sp³-hybridized carbons (Fsp3) is 0.750. The Bertz CT molecular complexity index is 324. The van der Waals surface area contributed by atoms with Crippen LogP contribution in [-0.2, 0) is 9.59 Å². The van der Waals surface area contributed by atoms with E-state index in [9.17, 15) is 9.59 Å². The van der Waals surface area contributed by atoms with Gasteiger partial charge in [0.05, 0.1) is 12.6 Å². The topological polar surface area (TPSA) is 114 Å². The maximum Gasteiger partial charge on any atom is 0.234 e. The highest BCUT2D eigenvalue weighted by Crippen LogP contribution is 2.03. The van der Waals surface area contributed by atoms with E-state index in [-0.39, 0.29) is 24.2 Å². The number of nitrogens with zero attached hydrogens (tertiary/aromatic N) is 2. The van der Waals surface area contributed by atoms with Crippen molar-refractivity contribution in [1.82, 2.24) is 10.2 Å². The first-order valence-electron chi connectivity index (χ1n) is 6.33. The maximum atomic E-state index is 11.6. The fourth-order valence-corrected chi connectivity index (χ4v) is 1.57. The predicted molar refractivity (Wildman–Crippen MR) is 75.7 cm³/mol. The van der Waals surface area contributed by atoms with Crippen molar-refractivity contribution in [2.45, 2.75) is 32.2 Å². The molecule has 0 aromatic rings. The highest BCUT2D eigenvalue weighted by Gasteiger charge is 2.16. The van der Waals surface area contributed by atoms with Crippen LogP contribution in [0.5, 0.6) is 0 Å². The number of aliphatic imine (C=N–C) groups is 1. The van der Waals surface area contributed by atoms with Gasteiger partial charge in [0.1, 0.15) is 0 Å². The van der Waals surface area contributed by atoms with E-state index in [0.29, 0.717) is 13.0 Å². The molecule has 0 heterocycles. The van der Waals surface area contributed by atoms with Gasteiger partial charge in [0.2, 0.25) is 5.91 Å². The molecule has 1 atom stereocenters. The third-order valence-electron chi connectivity index (χ3n) is 2.48. The van der Waals surface area contributed by atoms with Crippen molar-refractivity contribution in [2.75, 3.05) is 27.2 Å². The van der Waals surface area contributed by atoms with Gasteiger partial charge < -0.3 is 21.7 Å². The summed E-state index contributed by atoms with van der Waals surface area (Å²) < 4.78 is 0. The molecule has 7 heteroatoms. The molecule has 0 saturated carbocycles. The first-order chi connectivity index (χ1) is 8.82. The minimum absolute atomic E-state index is 0.0334. The number of unbranched alkanes of at least 4 members (excludes halogenated alkanes) is 1. The summed E-state index contributed by atoms with van der Waals surface area (Å²) in [7, 11) is 3.61. The number of Topliss-reactive ketones (excluding diaryl/α,β-unsaturated/α-hetero) is 1. The van der Waals surface area contributed by atoms with Crippen molar-refractivity contribution in [3.63, 3.8) is 0 Å². The zero-order chi connectivity index (χ0) is 14.8. The van der Waals surface area contributed by atoms with Gasteiger partial charge in [-0.2, -0.15) is 0 Å². The molecule has 0 fully saturated rings. The summed E-state index contributed by atoms with van der Waals surface area (Å²) in [5, 5.41) is 2.73. The molecule has 0 rings (SSSR count). The summed E-state index contributed by atoms with van der Waals surface area (Å²) in [4.78, 5) is 28.6. The quantitative estimate of drug-likeness (QED) is 0.285. The number of hydrogen-bond acceptors (Lipinski definition) is 4. The van der Waals surface area contributed by atoms with Crippen LogP contribution in [0.4, 0.5) is 0 Å². The van der Waals surface area contributed by atoms with Crippen LogP contribution < -0.4 is 16.8 Å². The van der Waals surface area contributed by atoms with Gasteiger partial charge in [-0.3, -0.25) is 14.6 Å². The Labute approximate surface area is 114 Å². The van der Waals surface area contributed by atoms with E-state index in [1.165, 1.54) is 6.92 Å². The van der Waals surface area contributed by atoms with Crippen LogP contribution in [0.2, 0.25) is 0 Å². The number of amides is 1. The first-order valence-corrected chi connectivity index (χ1v) is 6.33. The average Bonchev–Trinajstić information content (AvgIpc) is 2.25. The minimum atomic E-state index is -0.424. The number of guanidine groups is 1. The van der Waals surface area contributed by atoms with Crippen molar-refractivity contribution < 1.29 is 9.59 Å². The Kier molecular flexibility index (Phi) is 8.52. The van der Waals surface area contributed by atoms with E-state index in [0.717, 1.165) is 12.8 Å². The van der Waals surface area contributed by atoms with Crippen LogP contribution in [0.25, 0.3) is 0 Å². The maximum absolute atomic E-state index is 11.6. The molecule has 0 aliphatic rings. The number of hydrogen-bond donors (Lipinski definition) is 3. The Morgan fingerprint density at radius 3 is 2.37 bits per heavy atom. The largest absolute Gasteiger partial charge is 0.370 e. The van der Waals surface area contributed by atoms with Crippen molar-refractivity contribution in [3.05, 3.63) is 0 Å². The standard InChI is InChI=1S/C12H25N5O2/c1-9(18)10(16-11(19)8-17(2)3)6-4-5-7-15-12(13)14/h10H,4-8H2,1-3H3,(H,16,19)(H4,13,14,15). The number of likely N-dealkylation sites (N-methyl/N-ethyl adjacent to an activating group) is 1. The number of nitrogens with two attached hydrogens (primary N) is 2. The van der Waals surface area contributed by atoms with Crippen LogP contribution in [0, 0.1) is 0 Å². The molecule has 0 aliphatic heterocycles. The van der Waals surface area contributed by atoms with Crippen LogP contribution >= 0.6 is 0 Å². The Hall–Kier alpha value is -1.63. The van der Waals surface area contributed by atoms with Gasteiger partial charge in [0.15, 0.2) is 11.7 Å². The second-order valence-corrected chi connectivity index (χ2v) is 4.77. The van der Waals surface area contributed by atoms with E-state index < -0.39 is 6.04 Å². The molecule has 0 saturated heterocycles. The van der Waals surface area contributed by atoms with Gasteiger partial charge in [-0.15, -0.1) is 0 Å². The van der Waals surface area contributed by atoms with E-state index in [1.807, 2.05) is 0 Å². The lowest BCUT2D eigenvalue weighted by Gasteiger charge is -2.17. The van der Waals surface area contributed by atoms with E-state index in [1.54, 1.807) is 19.0 Å². The lowest BCUT2D eigenvalue weighted by molar-refractivity contribution is -0.127. The second-order valence-electron chi connectivity index (χ2n) is 4.77. The summed E-state index contributed by atoms with van der Waals surface area (Å²) in [6.45, 7) is 2.30. The molecule has 7 nitrogen and oxygen atoms in total. The summed E-state index contributed by atoms with van der Waals surface area (Å²) in [5.41, 5.74) is 10.4. The summed E-state index contributed by atoms with van der Waals surface area (Å²) in [6, 6.07) is -0.424. The van der Waals surface area contributed by atoms with Crippen molar-refractivity contribution in [3.8, 4) is 0 Å². The molecular formula is C12H25N5O2. The molecule has 5 N–H and O–H groups in total. The van der Waals surface area contributed by atoms with Crippen molar-refractivity contribution in [1.29, 1.82) is 0 Å². The smallest absolute Gasteiger partial charge is 0.234 e. The molecular weight excluding hydrogens is 246 g/mol. The molecule has 0 aliphatic carbocycles. The molecule has 0 spiro atoms. The van der Waals surface area contributed by atoms with Crippen LogP contribution in [0.1, 0.15) is 26.2 Å². The lowest BCUT2D eigenvalue weighted by atomic mass is 10.1. The fourth-order valence-electron chi connectivity index (χ4n) is 1.57. The number of carbonyl (C=O) groups is 2. The van der Waals surface area contributed by atoms with Crippen LogP contribution in [0.15, 0.2) is 4.99 Å². The summed E-state index contributed by atoms with van der Waals surface area (Å²) in [5.74, 6) is -0.106. The lowest BCUT2D eigenvalue weighted by Crippen LogP contribution is -2.43. The Morgan fingerprint density at radius 1 is 1.26 bits per heavy atom. The average molecular weight is 271 g/mol.